The summed E-state index contributed by atoms with van der Waals surface area (Å²) in [4.78, 5) is 45.6. The predicted molar refractivity (Wildman–Crippen MR) is 199 cm³/mol. The van der Waals surface area contributed by atoms with Gasteiger partial charge in [0, 0.05) is 80.4 Å². The number of likely N-dealkylation sites (N-methyl/N-ethyl adjacent to an activating group) is 1. The number of hydrogen-bond donors (Lipinski definition) is 2. The van der Waals surface area contributed by atoms with Crippen LogP contribution in [0.25, 0.3) is 17.0 Å². The Balaban J connectivity index is 1.46. The zero-order valence-electron chi connectivity index (χ0n) is 28.7. The molecule has 11 nitrogen and oxygen atoms in total. The lowest BCUT2D eigenvalue weighted by atomic mass is 10.1. The van der Waals surface area contributed by atoms with Crippen molar-refractivity contribution in [3.05, 3.63) is 99.2 Å². The average Bonchev–Trinajstić information content (AvgIpc) is 3.12. The molecule has 0 unspecified atom stereocenters. The van der Waals surface area contributed by atoms with Crippen LogP contribution in [0.2, 0.25) is 10.0 Å². The number of halogens is 2. The van der Waals surface area contributed by atoms with Gasteiger partial charge in [0.15, 0.2) is 0 Å². The number of carbonyl (C=O) groups is 3. The number of aromatic nitrogens is 1. The highest BCUT2D eigenvalue weighted by molar-refractivity contribution is 6.38. The molecule has 0 aliphatic carbocycles. The molecular formula is C37H41Cl2N5O6. The van der Waals surface area contributed by atoms with E-state index in [-0.39, 0.29) is 24.1 Å². The highest BCUT2D eigenvalue weighted by atomic mass is 35.5. The third-order valence-corrected chi connectivity index (χ3v) is 8.67. The van der Waals surface area contributed by atoms with Crippen LogP contribution in [-0.2, 0) is 25.7 Å². The molecule has 3 aromatic carbocycles. The number of para-hydroxylation sites is 1. The zero-order valence-corrected chi connectivity index (χ0v) is 30.2. The number of benzene rings is 3. The number of methoxy groups -OCH3 is 2. The van der Waals surface area contributed by atoms with Crippen molar-refractivity contribution in [2.24, 2.45) is 0 Å². The Morgan fingerprint density at radius 1 is 0.940 bits per heavy atom. The lowest BCUT2D eigenvalue weighted by Crippen LogP contribution is -2.37. The minimum Gasteiger partial charge on any atom is -0.487 e. The molecule has 0 atom stereocenters. The molecule has 0 saturated carbocycles. The van der Waals surface area contributed by atoms with Gasteiger partial charge in [-0.3, -0.25) is 14.4 Å². The number of fused-ring (bicyclic) bond motifs is 1. The van der Waals surface area contributed by atoms with Gasteiger partial charge in [-0.2, -0.15) is 0 Å². The molecule has 0 spiro atoms. The Hall–Kier alpha value is -4.68. The minimum absolute atomic E-state index is 0.0142. The summed E-state index contributed by atoms with van der Waals surface area (Å²) >= 11 is 13.4. The lowest BCUT2D eigenvalue weighted by molar-refractivity contribution is -0.122. The Morgan fingerprint density at radius 2 is 1.64 bits per heavy atom. The fourth-order valence-electron chi connectivity index (χ4n) is 5.13. The van der Waals surface area contributed by atoms with Gasteiger partial charge in [0.1, 0.15) is 17.9 Å². The second-order valence-electron chi connectivity index (χ2n) is 11.3. The number of anilines is 2. The van der Waals surface area contributed by atoms with Crippen LogP contribution < -0.4 is 25.2 Å². The molecular weight excluding hydrogens is 681 g/mol. The molecule has 0 radical (unpaired) electrons. The molecule has 13 heteroatoms. The van der Waals surface area contributed by atoms with Gasteiger partial charge in [-0.1, -0.05) is 47.5 Å². The van der Waals surface area contributed by atoms with Crippen molar-refractivity contribution in [1.29, 1.82) is 0 Å². The van der Waals surface area contributed by atoms with Crippen LogP contribution in [-0.4, -0.2) is 83.9 Å². The number of nitrogens with one attached hydrogen (secondary N) is 2. The maximum Gasteiger partial charge on any atom is 0.251 e. The van der Waals surface area contributed by atoms with E-state index in [2.05, 4.69) is 15.5 Å². The highest BCUT2D eigenvalue weighted by Crippen LogP contribution is 2.37. The first-order valence-corrected chi connectivity index (χ1v) is 16.6. The summed E-state index contributed by atoms with van der Waals surface area (Å²) in [5, 5.41) is 6.67. The first kappa shape index (κ1) is 38.1. The smallest absolute Gasteiger partial charge is 0.251 e. The normalized spacial score (nSPS) is 11.1. The van der Waals surface area contributed by atoms with E-state index >= 15 is 0 Å². The van der Waals surface area contributed by atoms with E-state index in [1.807, 2.05) is 31.2 Å². The molecule has 0 saturated heterocycles. The maximum absolute atomic E-state index is 13.1. The largest absolute Gasteiger partial charge is 0.487 e. The van der Waals surface area contributed by atoms with Gasteiger partial charge in [-0.15, -0.1) is 0 Å². The van der Waals surface area contributed by atoms with Crippen LogP contribution >= 0.6 is 23.2 Å². The Kier molecular flexibility index (Phi) is 14.0. The summed E-state index contributed by atoms with van der Waals surface area (Å²) < 4.78 is 17.0. The molecule has 4 aromatic rings. The number of ether oxygens (including phenoxy) is 3. The third kappa shape index (κ3) is 9.72. The number of hydrogen-bond acceptors (Lipinski definition) is 8. The van der Waals surface area contributed by atoms with Crippen molar-refractivity contribution >= 4 is 69.3 Å². The molecule has 2 N–H and O–H groups in total. The number of pyridine rings is 1. The first-order chi connectivity index (χ1) is 24.1. The summed E-state index contributed by atoms with van der Waals surface area (Å²) in [7, 11) is 6.47. The van der Waals surface area contributed by atoms with Crippen molar-refractivity contribution in [2.45, 2.75) is 13.5 Å². The molecule has 0 aliphatic rings. The predicted octanol–water partition coefficient (Wildman–Crippen LogP) is 5.68. The topological polar surface area (TPSA) is 122 Å². The molecule has 50 heavy (non-hydrogen) atoms. The number of aryl methyl sites for hydroxylation is 1. The van der Waals surface area contributed by atoms with Crippen molar-refractivity contribution < 1.29 is 28.6 Å². The molecule has 0 aliphatic heterocycles. The van der Waals surface area contributed by atoms with Crippen molar-refractivity contribution in [2.75, 3.05) is 71.0 Å². The number of amides is 3. The van der Waals surface area contributed by atoms with Gasteiger partial charge in [0.2, 0.25) is 11.8 Å². The first-order valence-electron chi connectivity index (χ1n) is 15.8. The average molecular weight is 723 g/mol. The molecule has 3 amide bonds. The zero-order chi connectivity index (χ0) is 36.2. The number of carbonyl (C=O) groups excluding carboxylic acids is 3. The SMILES string of the molecule is CNC(=O)c1ccc(C=CC(=O)NCC(=O)N(C)c2ccc(Cl)c(COc3cccc4c(N(CCOC)CCOC)cc(C)nc34)c2Cl)cc1. The van der Waals surface area contributed by atoms with E-state index in [1.165, 1.54) is 11.0 Å². The van der Waals surface area contributed by atoms with Crippen LogP contribution in [0, 0.1) is 6.92 Å². The summed E-state index contributed by atoms with van der Waals surface area (Å²) in [6, 6.07) is 17.8. The van der Waals surface area contributed by atoms with E-state index in [1.54, 1.807) is 70.8 Å². The summed E-state index contributed by atoms with van der Waals surface area (Å²) in [6.07, 6.45) is 2.90. The van der Waals surface area contributed by atoms with E-state index in [4.69, 9.17) is 42.4 Å². The Bertz CT molecular complexity index is 1840. The third-order valence-electron chi connectivity index (χ3n) is 7.89. The molecule has 1 heterocycles. The summed E-state index contributed by atoms with van der Waals surface area (Å²) in [5.41, 5.74) is 4.62. The lowest BCUT2D eigenvalue weighted by Gasteiger charge is -2.26. The van der Waals surface area contributed by atoms with E-state index in [0.29, 0.717) is 59.4 Å². The second kappa shape index (κ2) is 18.4. The van der Waals surface area contributed by atoms with Crippen LogP contribution in [0.15, 0.2) is 66.7 Å². The van der Waals surface area contributed by atoms with Crippen LogP contribution in [0.3, 0.4) is 0 Å². The quantitative estimate of drug-likeness (QED) is 0.142. The van der Waals surface area contributed by atoms with Crippen LogP contribution in [0.1, 0.15) is 27.2 Å². The Morgan fingerprint density at radius 3 is 2.30 bits per heavy atom. The summed E-state index contributed by atoms with van der Waals surface area (Å²) in [6.45, 7) is 4.12. The van der Waals surface area contributed by atoms with E-state index in [0.717, 1.165) is 22.3 Å². The van der Waals surface area contributed by atoms with Gasteiger partial charge in [-0.05, 0) is 55.0 Å². The van der Waals surface area contributed by atoms with Crippen molar-refractivity contribution in [3.8, 4) is 5.75 Å². The van der Waals surface area contributed by atoms with Gasteiger partial charge in [-0.25, -0.2) is 4.98 Å². The minimum atomic E-state index is -0.457. The fourth-order valence-corrected chi connectivity index (χ4v) is 5.73. The number of nitrogens with zero attached hydrogens (tertiary/aromatic N) is 3. The molecule has 264 valence electrons. The maximum atomic E-state index is 13.1. The molecule has 0 fully saturated rings. The summed E-state index contributed by atoms with van der Waals surface area (Å²) in [5.74, 6) is -0.509. The van der Waals surface area contributed by atoms with E-state index in [9.17, 15) is 14.4 Å². The van der Waals surface area contributed by atoms with Gasteiger partial charge >= 0.3 is 0 Å². The highest BCUT2D eigenvalue weighted by Gasteiger charge is 2.20. The van der Waals surface area contributed by atoms with Gasteiger partial charge in [0.25, 0.3) is 5.91 Å². The molecule has 4 rings (SSSR count). The van der Waals surface area contributed by atoms with Crippen molar-refractivity contribution in [1.82, 2.24) is 15.6 Å². The molecule has 1 aromatic heterocycles. The van der Waals surface area contributed by atoms with Gasteiger partial charge < -0.3 is 34.6 Å². The second-order valence-corrected chi connectivity index (χ2v) is 12.0. The van der Waals surface area contributed by atoms with Crippen LogP contribution in [0.5, 0.6) is 5.75 Å². The van der Waals surface area contributed by atoms with E-state index < -0.39 is 11.8 Å². The Labute approximate surface area is 302 Å². The molecule has 0 bridgehead atoms. The van der Waals surface area contributed by atoms with Crippen molar-refractivity contribution in [3.63, 3.8) is 0 Å². The van der Waals surface area contributed by atoms with Crippen LogP contribution in [0.4, 0.5) is 11.4 Å². The van der Waals surface area contributed by atoms with Gasteiger partial charge in [0.05, 0.1) is 30.5 Å². The monoisotopic (exact) mass is 721 g/mol. The number of rotatable bonds is 16. The fraction of sp³-hybridized carbons (Fsp3) is 0.297. The standard InChI is InChI=1S/C37H41Cl2N5O6/c1-24-21-31(44(17-19-48-4)18-20-49-5)27-7-6-8-32(36(27)42-24)50-23-28-29(38)14-15-30(35(28)39)43(3)34(46)22-41-33(45)16-11-25-9-12-26(13-10-25)37(47)40-2/h6-16,21H,17-20,22-23H2,1-5H3,(H,40,47)(H,41,45).